The van der Waals surface area contributed by atoms with Crippen molar-refractivity contribution in [3.8, 4) is 0 Å². The van der Waals surface area contributed by atoms with Gasteiger partial charge in [0.05, 0.1) is 5.02 Å². The van der Waals surface area contributed by atoms with Gasteiger partial charge in [-0.15, -0.1) is 0 Å². The molecule has 0 aromatic heterocycles. The first-order valence-corrected chi connectivity index (χ1v) is 5.56. The molecule has 0 spiro atoms. The minimum atomic E-state index is -4.02. The summed E-state index contributed by atoms with van der Waals surface area (Å²) in [5.74, 6) is 0. The summed E-state index contributed by atoms with van der Waals surface area (Å²) in [6.07, 6.45) is 0. The fraction of sp³-hybridized carbons (Fsp3) is 0. The van der Waals surface area contributed by atoms with Gasteiger partial charge >= 0.3 is 6.03 Å². The number of rotatable bonds is 2. The number of benzene rings is 1. The molecule has 8 heteroatoms. The predicted octanol–water partition coefficient (Wildman–Crippen LogP) is 0.279. The highest BCUT2D eigenvalue weighted by Crippen LogP contribution is 2.23. The lowest BCUT2D eigenvalue weighted by atomic mass is 10.3. The number of nitrogens with one attached hydrogen (secondary N) is 1. The van der Waals surface area contributed by atoms with E-state index in [-0.39, 0.29) is 9.92 Å². The molecule has 0 saturated carbocycles. The smallest absolute Gasteiger partial charge is 0.326 e. The minimum Gasteiger partial charge on any atom is -0.399 e. The van der Waals surface area contributed by atoms with E-state index in [0.717, 1.165) is 0 Å². The van der Waals surface area contributed by atoms with Crippen LogP contribution >= 0.6 is 11.6 Å². The van der Waals surface area contributed by atoms with Crippen molar-refractivity contribution in [1.29, 1.82) is 0 Å². The number of halogens is 1. The number of urea groups is 1. The van der Waals surface area contributed by atoms with E-state index in [1.807, 2.05) is 0 Å². The zero-order chi connectivity index (χ0) is 11.6. The molecule has 0 atom stereocenters. The number of sulfonamides is 1. The minimum absolute atomic E-state index is 0.0799. The maximum atomic E-state index is 11.4. The van der Waals surface area contributed by atoms with Crippen LogP contribution in [-0.4, -0.2) is 14.4 Å². The van der Waals surface area contributed by atoms with E-state index < -0.39 is 16.1 Å². The molecule has 0 heterocycles. The van der Waals surface area contributed by atoms with Gasteiger partial charge in [0.2, 0.25) is 0 Å². The third-order valence-electron chi connectivity index (χ3n) is 1.48. The van der Waals surface area contributed by atoms with E-state index in [4.69, 9.17) is 23.1 Å². The van der Waals surface area contributed by atoms with Gasteiger partial charge < -0.3 is 11.5 Å². The summed E-state index contributed by atoms with van der Waals surface area (Å²) in [5.41, 5.74) is 10.4. The summed E-state index contributed by atoms with van der Waals surface area (Å²) in [4.78, 5) is 10.2. The molecule has 0 bridgehead atoms. The maximum Gasteiger partial charge on any atom is 0.326 e. The van der Waals surface area contributed by atoms with Crippen LogP contribution in [0.2, 0.25) is 5.02 Å². The molecule has 0 aliphatic rings. The number of hydrogen-bond donors (Lipinski definition) is 3. The van der Waals surface area contributed by atoms with Crippen LogP contribution in [0.3, 0.4) is 0 Å². The quantitative estimate of drug-likeness (QED) is 0.653. The lowest BCUT2D eigenvalue weighted by Crippen LogP contribution is -2.35. The fourth-order valence-corrected chi connectivity index (χ4v) is 2.35. The molecule has 0 aliphatic carbocycles. The second-order valence-electron chi connectivity index (χ2n) is 2.66. The lowest BCUT2D eigenvalue weighted by Gasteiger charge is -2.06. The highest BCUT2D eigenvalue weighted by molar-refractivity contribution is 7.90. The lowest BCUT2D eigenvalue weighted by molar-refractivity contribution is 0.253. The fourth-order valence-electron chi connectivity index (χ4n) is 0.922. The Hall–Kier alpha value is -1.47. The normalized spacial score (nSPS) is 11.0. The van der Waals surface area contributed by atoms with Crippen LogP contribution in [0.25, 0.3) is 0 Å². The van der Waals surface area contributed by atoms with Gasteiger partial charge in [0, 0.05) is 5.69 Å². The Morgan fingerprint density at radius 1 is 1.40 bits per heavy atom. The molecule has 0 unspecified atom stereocenters. The average molecular weight is 250 g/mol. The molecule has 15 heavy (non-hydrogen) atoms. The Bertz CT molecular complexity index is 500. The van der Waals surface area contributed by atoms with Crippen LogP contribution in [0.4, 0.5) is 10.5 Å². The Labute approximate surface area is 91.3 Å². The van der Waals surface area contributed by atoms with Crippen molar-refractivity contribution in [1.82, 2.24) is 4.72 Å². The summed E-state index contributed by atoms with van der Waals surface area (Å²) in [6, 6.07) is 2.62. The Balaban J connectivity index is 3.22. The second-order valence-corrected chi connectivity index (χ2v) is 4.72. The van der Waals surface area contributed by atoms with Crippen LogP contribution in [0, 0.1) is 0 Å². The summed E-state index contributed by atoms with van der Waals surface area (Å²) >= 11 is 5.65. The van der Waals surface area contributed by atoms with E-state index in [9.17, 15) is 13.2 Å². The summed E-state index contributed by atoms with van der Waals surface area (Å²) in [5, 5.41) is -0.0799. The van der Waals surface area contributed by atoms with Crippen LogP contribution in [0.15, 0.2) is 23.1 Å². The highest BCUT2D eigenvalue weighted by Gasteiger charge is 2.19. The van der Waals surface area contributed by atoms with E-state index in [1.54, 1.807) is 4.72 Å². The van der Waals surface area contributed by atoms with Crippen LogP contribution in [0.5, 0.6) is 0 Å². The van der Waals surface area contributed by atoms with E-state index in [0.29, 0.717) is 5.69 Å². The van der Waals surface area contributed by atoms with Crippen molar-refractivity contribution in [3.63, 3.8) is 0 Å². The van der Waals surface area contributed by atoms with Gasteiger partial charge in [0.25, 0.3) is 10.0 Å². The first-order valence-electron chi connectivity index (χ1n) is 3.70. The number of nitrogen functional groups attached to an aromatic ring is 1. The van der Waals surface area contributed by atoms with Crippen molar-refractivity contribution in [2.75, 3.05) is 5.73 Å². The number of carbonyl (C=O) groups excluding carboxylic acids is 1. The SMILES string of the molecule is NC(=O)NS(=O)(=O)c1ccc(N)cc1Cl. The van der Waals surface area contributed by atoms with Crippen molar-refractivity contribution in [2.24, 2.45) is 5.73 Å². The first kappa shape index (κ1) is 11.6. The average Bonchev–Trinajstić information content (AvgIpc) is 1.99. The zero-order valence-corrected chi connectivity index (χ0v) is 8.97. The molecular formula is C7H8ClN3O3S. The first-order chi connectivity index (χ1) is 6.83. The third-order valence-corrected chi connectivity index (χ3v) is 3.31. The van der Waals surface area contributed by atoms with Crippen LogP contribution in [-0.2, 0) is 10.0 Å². The molecule has 1 aromatic rings. The van der Waals surface area contributed by atoms with Crippen molar-refractivity contribution in [2.45, 2.75) is 4.90 Å². The molecule has 2 amide bonds. The molecule has 0 aliphatic heterocycles. The Morgan fingerprint density at radius 2 is 2.00 bits per heavy atom. The van der Waals surface area contributed by atoms with Gasteiger partial charge in [-0.1, -0.05) is 11.6 Å². The summed E-state index contributed by atoms with van der Waals surface area (Å²) in [6.45, 7) is 0. The standard InChI is InChI=1S/C7H8ClN3O3S/c8-5-3-4(9)1-2-6(5)15(13,14)11-7(10)12/h1-3H,9H2,(H3,10,11,12). The molecule has 6 nitrogen and oxygen atoms in total. The number of anilines is 1. The summed E-state index contributed by atoms with van der Waals surface area (Å²) in [7, 11) is -4.02. The van der Waals surface area contributed by atoms with Crippen LogP contribution in [0.1, 0.15) is 0 Å². The number of hydrogen-bond acceptors (Lipinski definition) is 4. The van der Waals surface area contributed by atoms with Crippen molar-refractivity contribution >= 4 is 33.3 Å². The third kappa shape index (κ3) is 2.74. The van der Waals surface area contributed by atoms with Gasteiger partial charge in [0.1, 0.15) is 4.90 Å². The van der Waals surface area contributed by atoms with Crippen LogP contribution < -0.4 is 16.2 Å². The predicted molar refractivity (Wildman–Crippen MR) is 55.8 cm³/mol. The molecule has 1 rings (SSSR count). The second kappa shape index (κ2) is 3.95. The molecule has 0 fully saturated rings. The van der Waals surface area contributed by atoms with Gasteiger partial charge in [-0.25, -0.2) is 17.9 Å². The number of carbonyl (C=O) groups is 1. The molecular weight excluding hydrogens is 242 g/mol. The topological polar surface area (TPSA) is 115 Å². The van der Waals surface area contributed by atoms with E-state index in [1.165, 1.54) is 18.2 Å². The van der Waals surface area contributed by atoms with Gasteiger partial charge in [-0.05, 0) is 18.2 Å². The van der Waals surface area contributed by atoms with Gasteiger partial charge in [-0.3, -0.25) is 0 Å². The van der Waals surface area contributed by atoms with Crippen molar-refractivity contribution < 1.29 is 13.2 Å². The maximum absolute atomic E-state index is 11.4. The molecule has 0 saturated heterocycles. The number of primary amides is 1. The molecule has 82 valence electrons. The molecule has 0 radical (unpaired) electrons. The monoisotopic (exact) mass is 249 g/mol. The highest BCUT2D eigenvalue weighted by atomic mass is 35.5. The number of amides is 2. The largest absolute Gasteiger partial charge is 0.399 e. The summed E-state index contributed by atoms with van der Waals surface area (Å²) < 4.78 is 24.5. The Morgan fingerprint density at radius 3 is 2.47 bits per heavy atom. The zero-order valence-electron chi connectivity index (χ0n) is 7.40. The van der Waals surface area contributed by atoms with Gasteiger partial charge in [-0.2, -0.15) is 0 Å². The van der Waals surface area contributed by atoms with E-state index in [2.05, 4.69) is 0 Å². The van der Waals surface area contributed by atoms with E-state index >= 15 is 0 Å². The molecule has 5 N–H and O–H groups in total. The number of nitrogens with two attached hydrogens (primary N) is 2. The molecule has 1 aromatic carbocycles. The van der Waals surface area contributed by atoms with Crippen molar-refractivity contribution in [3.05, 3.63) is 23.2 Å². The van der Waals surface area contributed by atoms with Gasteiger partial charge in [0.15, 0.2) is 0 Å². The Kier molecular flexibility index (Phi) is 3.06.